The van der Waals surface area contributed by atoms with Crippen LogP contribution >= 0.6 is 0 Å². The molecule has 1 atom stereocenters. The number of Topliss-reactive ketones (excluding diaryl/α,β-unsaturated/α-hetero) is 1. The highest BCUT2D eigenvalue weighted by atomic mass is 16.4. The zero-order valence-corrected chi connectivity index (χ0v) is 8.96. The molecule has 0 amide bonds. The first-order valence-corrected chi connectivity index (χ1v) is 4.95. The van der Waals surface area contributed by atoms with Crippen LogP contribution in [0, 0.1) is 5.92 Å². The van der Waals surface area contributed by atoms with Gasteiger partial charge in [-0.05, 0) is 25.5 Å². The number of hydrogen-bond donors (Lipinski definition) is 1. The maximum atomic E-state index is 11.8. The average Bonchev–Trinajstić information content (AvgIpc) is 2.30. The van der Waals surface area contributed by atoms with Gasteiger partial charge in [0.25, 0.3) is 0 Å². The molecule has 1 aromatic rings. The SMILES string of the molecule is CC=CCC(C(=O)O)C(=O)c1ccncc1. The van der Waals surface area contributed by atoms with Crippen LogP contribution in [0.5, 0.6) is 0 Å². The van der Waals surface area contributed by atoms with Crippen LogP contribution in [-0.2, 0) is 4.79 Å². The maximum Gasteiger partial charge on any atom is 0.314 e. The Morgan fingerprint density at radius 1 is 1.44 bits per heavy atom. The molecule has 0 bridgehead atoms. The summed E-state index contributed by atoms with van der Waals surface area (Å²) in [4.78, 5) is 26.6. The van der Waals surface area contributed by atoms with E-state index < -0.39 is 11.9 Å². The topological polar surface area (TPSA) is 67.3 Å². The summed E-state index contributed by atoms with van der Waals surface area (Å²) in [6.45, 7) is 1.79. The molecule has 4 nitrogen and oxygen atoms in total. The Hall–Kier alpha value is -1.97. The van der Waals surface area contributed by atoms with Crippen molar-refractivity contribution in [2.24, 2.45) is 5.92 Å². The van der Waals surface area contributed by atoms with Crippen molar-refractivity contribution in [2.75, 3.05) is 0 Å². The number of allylic oxidation sites excluding steroid dienone is 2. The summed E-state index contributed by atoms with van der Waals surface area (Å²) in [5, 5.41) is 8.96. The van der Waals surface area contributed by atoms with Gasteiger partial charge >= 0.3 is 5.97 Å². The Labute approximate surface area is 93.6 Å². The highest BCUT2D eigenvalue weighted by Crippen LogP contribution is 2.13. The van der Waals surface area contributed by atoms with Crippen molar-refractivity contribution >= 4 is 11.8 Å². The summed E-state index contributed by atoms with van der Waals surface area (Å²) in [6.07, 6.45) is 6.57. The third kappa shape index (κ3) is 3.02. The van der Waals surface area contributed by atoms with Crippen LogP contribution in [0.1, 0.15) is 23.7 Å². The molecule has 0 fully saturated rings. The van der Waals surface area contributed by atoms with Crippen molar-refractivity contribution in [2.45, 2.75) is 13.3 Å². The molecular weight excluding hydrogens is 206 g/mol. The highest BCUT2D eigenvalue weighted by molar-refractivity contribution is 6.08. The van der Waals surface area contributed by atoms with E-state index in [4.69, 9.17) is 5.11 Å². The molecule has 0 spiro atoms. The summed E-state index contributed by atoms with van der Waals surface area (Å²) in [5.41, 5.74) is 0.381. The Morgan fingerprint density at radius 2 is 2.06 bits per heavy atom. The number of aromatic nitrogens is 1. The molecular formula is C12H13NO3. The number of carboxylic acid groups (broad SMARTS) is 1. The van der Waals surface area contributed by atoms with E-state index in [2.05, 4.69) is 4.98 Å². The third-order valence-corrected chi connectivity index (χ3v) is 2.19. The van der Waals surface area contributed by atoms with Crippen LogP contribution < -0.4 is 0 Å². The first-order valence-electron chi connectivity index (χ1n) is 4.95. The fraction of sp³-hybridized carbons (Fsp3) is 0.250. The van der Waals surface area contributed by atoms with Gasteiger partial charge in [-0.25, -0.2) is 0 Å². The molecule has 0 saturated heterocycles. The van der Waals surface area contributed by atoms with E-state index >= 15 is 0 Å². The smallest absolute Gasteiger partial charge is 0.314 e. The van der Waals surface area contributed by atoms with Gasteiger partial charge in [-0.15, -0.1) is 0 Å². The van der Waals surface area contributed by atoms with Crippen LogP contribution in [0.15, 0.2) is 36.7 Å². The Balaban J connectivity index is 2.87. The molecule has 1 rings (SSSR count). The Kier molecular flexibility index (Phi) is 4.39. The minimum Gasteiger partial charge on any atom is -0.481 e. The quantitative estimate of drug-likeness (QED) is 0.467. The van der Waals surface area contributed by atoms with Crippen molar-refractivity contribution < 1.29 is 14.7 Å². The predicted molar refractivity (Wildman–Crippen MR) is 59.1 cm³/mol. The van der Waals surface area contributed by atoms with Crippen LogP contribution in [0.25, 0.3) is 0 Å². The predicted octanol–water partition coefficient (Wildman–Crippen LogP) is 1.93. The van der Waals surface area contributed by atoms with E-state index in [1.54, 1.807) is 19.1 Å². The number of nitrogens with zero attached hydrogens (tertiary/aromatic N) is 1. The first-order chi connectivity index (χ1) is 7.66. The minimum absolute atomic E-state index is 0.215. The number of ketones is 1. The van der Waals surface area contributed by atoms with Crippen molar-refractivity contribution in [1.82, 2.24) is 4.98 Å². The van der Waals surface area contributed by atoms with Crippen LogP contribution in [-0.4, -0.2) is 21.8 Å². The van der Waals surface area contributed by atoms with Gasteiger partial charge in [0.15, 0.2) is 5.78 Å². The second-order valence-electron chi connectivity index (χ2n) is 3.30. The normalized spacial score (nSPS) is 12.6. The molecule has 1 aromatic heterocycles. The van der Waals surface area contributed by atoms with Crippen molar-refractivity contribution in [3.8, 4) is 0 Å². The molecule has 0 aliphatic heterocycles. The number of aliphatic carboxylic acids is 1. The first kappa shape index (κ1) is 12.1. The van der Waals surface area contributed by atoms with Gasteiger partial charge in [0.1, 0.15) is 5.92 Å². The number of carbonyl (C=O) groups is 2. The largest absolute Gasteiger partial charge is 0.481 e. The number of hydrogen-bond acceptors (Lipinski definition) is 3. The van der Waals surface area contributed by atoms with Crippen LogP contribution in [0.4, 0.5) is 0 Å². The van der Waals surface area contributed by atoms with Crippen LogP contribution in [0.3, 0.4) is 0 Å². The van der Waals surface area contributed by atoms with Gasteiger partial charge in [0.05, 0.1) is 0 Å². The van der Waals surface area contributed by atoms with E-state index in [1.807, 2.05) is 0 Å². The van der Waals surface area contributed by atoms with Gasteiger partial charge in [-0.3, -0.25) is 14.6 Å². The molecule has 1 N–H and O–H groups in total. The Morgan fingerprint density at radius 3 is 2.56 bits per heavy atom. The third-order valence-electron chi connectivity index (χ3n) is 2.19. The van der Waals surface area contributed by atoms with Gasteiger partial charge < -0.3 is 5.11 Å². The van der Waals surface area contributed by atoms with Gasteiger partial charge in [0.2, 0.25) is 0 Å². The summed E-state index contributed by atoms with van der Waals surface area (Å²) < 4.78 is 0. The van der Waals surface area contributed by atoms with Crippen LogP contribution in [0.2, 0.25) is 0 Å². The fourth-order valence-corrected chi connectivity index (χ4v) is 1.31. The van der Waals surface area contributed by atoms with E-state index in [9.17, 15) is 9.59 Å². The fourth-order valence-electron chi connectivity index (χ4n) is 1.31. The monoisotopic (exact) mass is 219 g/mol. The lowest BCUT2D eigenvalue weighted by Crippen LogP contribution is -2.23. The van der Waals surface area contributed by atoms with Crippen molar-refractivity contribution in [3.63, 3.8) is 0 Å². The number of carbonyl (C=O) groups excluding carboxylic acids is 1. The number of pyridine rings is 1. The summed E-state index contributed by atoms with van der Waals surface area (Å²) >= 11 is 0. The molecule has 4 heteroatoms. The summed E-state index contributed by atoms with van der Waals surface area (Å²) in [6, 6.07) is 3.04. The lowest BCUT2D eigenvalue weighted by Gasteiger charge is -2.08. The second-order valence-corrected chi connectivity index (χ2v) is 3.30. The zero-order chi connectivity index (χ0) is 12.0. The lowest BCUT2D eigenvalue weighted by atomic mass is 9.95. The van der Waals surface area contributed by atoms with Gasteiger partial charge in [-0.2, -0.15) is 0 Å². The molecule has 1 unspecified atom stereocenters. The highest BCUT2D eigenvalue weighted by Gasteiger charge is 2.25. The summed E-state index contributed by atoms with van der Waals surface area (Å²) in [7, 11) is 0. The molecule has 0 aliphatic carbocycles. The van der Waals surface area contributed by atoms with E-state index in [0.717, 1.165) is 0 Å². The molecule has 16 heavy (non-hydrogen) atoms. The standard InChI is InChI=1S/C12H13NO3/c1-2-3-4-10(12(15)16)11(14)9-5-7-13-8-6-9/h2-3,5-8,10H,4H2,1H3,(H,15,16). The van der Waals surface area contributed by atoms with Crippen molar-refractivity contribution in [1.29, 1.82) is 0 Å². The van der Waals surface area contributed by atoms with E-state index in [-0.39, 0.29) is 12.2 Å². The molecule has 0 radical (unpaired) electrons. The lowest BCUT2D eigenvalue weighted by molar-refractivity contribution is -0.139. The molecule has 0 saturated carbocycles. The second kappa shape index (κ2) is 5.80. The maximum absolute atomic E-state index is 11.8. The minimum atomic E-state index is -1.10. The van der Waals surface area contributed by atoms with E-state index in [0.29, 0.717) is 5.56 Å². The number of rotatable bonds is 5. The van der Waals surface area contributed by atoms with Crippen molar-refractivity contribution in [3.05, 3.63) is 42.2 Å². The van der Waals surface area contributed by atoms with E-state index in [1.165, 1.54) is 24.5 Å². The average molecular weight is 219 g/mol. The molecule has 0 aromatic carbocycles. The molecule has 0 aliphatic rings. The molecule has 1 heterocycles. The number of carboxylic acids is 1. The molecule has 84 valence electrons. The Bertz CT molecular complexity index is 398. The van der Waals surface area contributed by atoms with Gasteiger partial charge in [-0.1, -0.05) is 12.2 Å². The zero-order valence-electron chi connectivity index (χ0n) is 8.96. The van der Waals surface area contributed by atoms with Gasteiger partial charge in [0, 0.05) is 18.0 Å². The summed E-state index contributed by atoms with van der Waals surface area (Å²) in [5.74, 6) is -2.49.